The Morgan fingerprint density at radius 1 is 1.13 bits per heavy atom. The van der Waals surface area contributed by atoms with Gasteiger partial charge in [0.15, 0.2) is 0 Å². The summed E-state index contributed by atoms with van der Waals surface area (Å²) in [7, 11) is 3.24. The highest BCUT2D eigenvalue weighted by atomic mass is 79.9. The molecule has 138 valence electrons. The van der Waals surface area contributed by atoms with Crippen LogP contribution in [-0.4, -0.2) is 74.2 Å². The molecule has 1 amide bonds. The van der Waals surface area contributed by atoms with Crippen LogP contribution in [0.15, 0.2) is 0 Å². The molecule has 0 bridgehead atoms. The fourth-order valence-corrected chi connectivity index (χ4v) is 2.35. The summed E-state index contributed by atoms with van der Waals surface area (Å²) in [6.07, 6.45) is -0.546. The van der Waals surface area contributed by atoms with E-state index in [0.717, 1.165) is 0 Å². The molecule has 0 N–H and O–H groups in total. The molecule has 0 spiro atoms. The Morgan fingerprint density at radius 3 is 2.00 bits per heavy atom. The fourth-order valence-electron chi connectivity index (χ4n) is 2.04. The topological polar surface area (TPSA) is 57.2 Å². The minimum absolute atomic E-state index is 0.204. The van der Waals surface area contributed by atoms with Crippen molar-refractivity contribution in [2.24, 2.45) is 0 Å². The van der Waals surface area contributed by atoms with Crippen molar-refractivity contribution in [1.82, 2.24) is 4.90 Å². The Kier molecular flexibility index (Phi) is 10.3. The Bertz CT molecular complexity index is 342. The second kappa shape index (κ2) is 10.5. The minimum atomic E-state index is -0.575. The number of nitrogens with zero attached hydrogens (tertiary/aromatic N) is 1. The Labute approximate surface area is 148 Å². The first kappa shape index (κ1) is 22.6. The lowest BCUT2D eigenvalue weighted by Gasteiger charge is -2.37. The number of methoxy groups -OCH3 is 2. The van der Waals surface area contributed by atoms with Gasteiger partial charge in [-0.25, -0.2) is 4.79 Å². The number of rotatable bonds is 10. The number of likely N-dealkylation sites (N-methyl/N-ethyl adjacent to an activating group) is 1. The number of hydrogen-bond acceptors (Lipinski definition) is 5. The van der Waals surface area contributed by atoms with E-state index >= 15 is 0 Å². The number of carbonyl (C=O) groups excluding carboxylic acids is 1. The summed E-state index contributed by atoms with van der Waals surface area (Å²) < 4.78 is 21.9. The zero-order valence-electron chi connectivity index (χ0n) is 15.5. The van der Waals surface area contributed by atoms with Crippen molar-refractivity contribution < 1.29 is 23.7 Å². The number of halogens is 1. The maximum Gasteiger partial charge on any atom is 0.410 e. The van der Waals surface area contributed by atoms with Crippen LogP contribution in [0.2, 0.25) is 0 Å². The van der Waals surface area contributed by atoms with Gasteiger partial charge in [0, 0.05) is 26.1 Å². The summed E-state index contributed by atoms with van der Waals surface area (Å²) in [5, 5.41) is 0.573. The molecule has 0 fully saturated rings. The number of amides is 1. The summed E-state index contributed by atoms with van der Waals surface area (Å²) in [6.45, 7) is 11.2. The first-order chi connectivity index (χ1) is 10.6. The Morgan fingerprint density at radius 2 is 1.65 bits per heavy atom. The summed E-state index contributed by atoms with van der Waals surface area (Å²) in [5.41, 5.74) is -1.10. The summed E-state index contributed by atoms with van der Waals surface area (Å²) >= 11 is 3.49. The van der Waals surface area contributed by atoms with Crippen LogP contribution in [0.3, 0.4) is 0 Å². The van der Waals surface area contributed by atoms with Crippen LogP contribution in [0.5, 0.6) is 0 Å². The van der Waals surface area contributed by atoms with E-state index in [1.807, 2.05) is 34.6 Å². The van der Waals surface area contributed by atoms with Gasteiger partial charge in [-0.3, -0.25) is 0 Å². The lowest BCUT2D eigenvalue weighted by molar-refractivity contribution is -0.123. The molecule has 23 heavy (non-hydrogen) atoms. The number of alkyl halides is 1. The third-order valence-electron chi connectivity index (χ3n) is 3.00. The first-order valence-electron chi connectivity index (χ1n) is 7.80. The normalized spacial score (nSPS) is 14.7. The average molecular weight is 398 g/mol. The molecule has 6 nitrogen and oxygen atoms in total. The van der Waals surface area contributed by atoms with Crippen LogP contribution in [0.1, 0.15) is 34.6 Å². The van der Waals surface area contributed by atoms with Crippen LogP contribution < -0.4 is 0 Å². The average Bonchev–Trinajstić information content (AvgIpc) is 2.43. The molecule has 0 rings (SSSR count). The summed E-state index contributed by atoms with van der Waals surface area (Å²) in [6, 6.07) is 0. The van der Waals surface area contributed by atoms with E-state index in [0.29, 0.717) is 31.6 Å². The van der Waals surface area contributed by atoms with E-state index in [4.69, 9.17) is 18.9 Å². The van der Waals surface area contributed by atoms with Gasteiger partial charge in [-0.05, 0) is 34.6 Å². The van der Waals surface area contributed by atoms with Gasteiger partial charge in [0.25, 0.3) is 0 Å². The summed E-state index contributed by atoms with van der Waals surface area (Å²) in [4.78, 5) is 13.9. The van der Waals surface area contributed by atoms with Gasteiger partial charge in [0.2, 0.25) is 0 Å². The second-order valence-corrected chi connectivity index (χ2v) is 7.29. The van der Waals surface area contributed by atoms with E-state index < -0.39 is 11.2 Å². The van der Waals surface area contributed by atoms with Crippen molar-refractivity contribution in [1.29, 1.82) is 0 Å². The molecule has 0 aromatic heterocycles. The highest BCUT2D eigenvalue weighted by Crippen LogP contribution is 2.20. The van der Waals surface area contributed by atoms with E-state index in [9.17, 15) is 4.79 Å². The zero-order valence-corrected chi connectivity index (χ0v) is 17.1. The smallest absolute Gasteiger partial charge is 0.410 e. The van der Waals surface area contributed by atoms with Crippen LogP contribution in [0.25, 0.3) is 0 Å². The zero-order chi connectivity index (χ0) is 18.1. The van der Waals surface area contributed by atoms with Crippen LogP contribution >= 0.6 is 15.9 Å². The van der Waals surface area contributed by atoms with E-state index in [1.165, 1.54) is 0 Å². The molecule has 0 aromatic rings. The lowest BCUT2D eigenvalue weighted by Crippen LogP contribution is -2.50. The molecular weight excluding hydrogens is 366 g/mol. The summed E-state index contributed by atoms with van der Waals surface area (Å²) in [5.74, 6) is 0. The highest BCUT2D eigenvalue weighted by molar-refractivity contribution is 9.09. The molecule has 0 saturated heterocycles. The third-order valence-corrected chi connectivity index (χ3v) is 4.18. The van der Waals surface area contributed by atoms with Crippen molar-refractivity contribution >= 4 is 22.0 Å². The predicted octanol–water partition coefficient (Wildman–Crippen LogP) is 3.08. The van der Waals surface area contributed by atoms with E-state index in [2.05, 4.69) is 15.9 Å². The number of carbonyl (C=O) groups is 1. The van der Waals surface area contributed by atoms with Gasteiger partial charge in [0.05, 0.1) is 25.4 Å². The highest BCUT2D eigenvalue weighted by Gasteiger charge is 2.33. The van der Waals surface area contributed by atoms with Gasteiger partial charge in [-0.1, -0.05) is 15.9 Å². The SMILES string of the molecule is CCN(CC(C)(CBr)OC(COC)COC)C(=O)OC(C)(C)C. The van der Waals surface area contributed by atoms with Crippen molar-refractivity contribution in [3.8, 4) is 0 Å². The van der Waals surface area contributed by atoms with Crippen LogP contribution in [-0.2, 0) is 18.9 Å². The van der Waals surface area contributed by atoms with E-state index in [-0.39, 0.29) is 12.2 Å². The van der Waals surface area contributed by atoms with Crippen LogP contribution in [0, 0.1) is 0 Å². The van der Waals surface area contributed by atoms with Gasteiger partial charge < -0.3 is 23.8 Å². The molecule has 1 atom stereocenters. The van der Waals surface area contributed by atoms with Gasteiger partial charge in [-0.15, -0.1) is 0 Å². The lowest BCUT2D eigenvalue weighted by atomic mass is 10.1. The maximum absolute atomic E-state index is 12.3. The molecule has 0 radical (unpaired) electrons. The van der Waals surface area contributed by atoms with Crippen molar-refractivity contribution in [3.05, 3.63) is 0 Å². The van der Waals surface area contributed by atoms with Gasteiger partial charge in [0.1, 0.15) is 11.7 Å². The standard InChI is InChI=1S/C16H32BrNO5/c1-8-18(14(19)23-15(2,3)4)12-16(5,11-17)22-13(9-20-6)10-21-7/h13H,8-12H2,1-7H3. The third kappa shape index (κ3) is 9.49. The molecular formula is C16H32BrNO5. The largest absolute Gasteiger partial charge is 0.444 e. The predicted molar refractivity (Wildman–Crippen MR) is 94.3 cm³/mol. The second-order valence-electron chi connectivity index (χ2n) is 6.73. The van der Waals surface area contributed by atoms with Gasteiger partial charge in [-0.2, -0.15) is 0 Å². The van der Waals surface area contributed by atoms with Crippen molar-refractivity contribution in [2.75, 3.05) is 45.9 Å². The molecule has 0 saturated carbocycles. The van der Waals surface area contributed by atoms with Crippen molar-refractivity contribution in [2.45, 2.75) is 51.9 Å². The molecule has 0 aliphatic heterocycles. The van der Waals surface area contributed by atoms with Gasteiger partial charge >= 0.3 is 6.09 Å². The van der Waals surface area contributed by atoms with Crippen LogP contribution in [0.4, 0.5) is 4.79 Å². The first-order valence-corrected chi connectivity index (χ1v) is 8.92. The molecule has 0 heterocycles. The fraction of sp³-hybridized carbons (Fsp3) is 0.938. The monoisotopic (exact) mass is 397 g/mol. The molecule has 0 aromatic carbocycles. The Hall–Kier alpha value is -0.370. The molecule has 0 aliphatic rings. The van der Waals surface area contributed by atoms with E-state index in [1.54, 1.807) is 19.1 Å². The quantitative estimate of drug-likeness (QED) is 0.530. The molecule has 1 unspecified atom stereocenters. The maximum atomic E-state index is 12.3. The molecule has 0 aliphatic carbocycles. The van der Waals surface area contributed by atoms with Crippen molar-refractivity contribution in [3.63, 3.8) is 0 Å². The number of ether oxygens (including phenoxy) is 4. The molecule has 7 heteroatoms. The Balaban J connectivity index is 4.92. The minimum Gasteiger partial charge on any atom is -0.444 e. The number of hydrogen-bond donors (Lipinski definition) is 0.